The summed E-state index contributed by atoms with van der Waals surface area (Å²) in [5.74, 6) is 0. The molecule has 0 radical (unpaired) electrons. The maximum absolute atomic E-state index is 5.87. The third-order valence-electron chi connectivity index (χ3n) is 3.66. The normalized spacial score (nSPS) is 18.3. The van der Waals surface area contributed by atoms with Crippen LogP contribution >= 0.6 is 0 Å². The minimum atomic E-state index is 0.160. The van der Waals surface area contributed by atoms with Crippen molar-refractivity contribution in [2.24, 2.45) is 0 Å². The Bertz CT molecular complexity index is 550. The quantitative estimate of drug-likeness (QED) is 0.882. The molecule has 1 atom stereocenters. The Morgan fingerprint density at radius 1 is 1.42 bits per heavy atom. The van der Waals surface area contributed by atoms with Crippen LogP contribution in [0.2, 0.25) is 0 Å². The third kappa shape index (κ3) is 2.69. The Morgan fingerprint density at radius 2 is 2.32 bits per heavy atom. The minimum absolute atomic E-state index is 0.160. The molecule has 2 heterocycles. The first-order valence-electron chi connectivity index (χ1n) is 6.73. The van der Waals surface area contributed by atoms with E-state index in [1.807, 2.05) is 6.20 Å². The van der Waals surface area contributed by atoms with Crippen LogP contribution in [0.5, 0.6) is 0 Å². The van der Waals surface area contributed by atoms with Gasteiger partial charge in [-0.1, -0.05) is 24.3 Å². The van der Waals surface area contributed by atoms with Gasteiger partial charge in [-0.15, -0.1) is 0 Å². The summed E-state index contributed by atoms with van der Waals surface area (Å²) < 4.78 is 5.87. The molecule has 0 saturated carbocycles. The molecule has 0 saturated heterocycles. The van der Waals surface area contributed by atoms with Crippen LogP contribution in [-0.2, 0) is 17.7 Å². The maximum atomic E-state index is 5.87. The van der Waals surface area contributed by atoms with Crippen molar-refractivity contribution >= 4 is 0 Å². The van der Waals surface area contributed by atoms with Crippen LogP contribution in [-0.4, -0.2) is 23.3 Å². The van der Waals surface area contributed by atoms with Crippen LogP contribution in [0.4, 0.5) is 0 Å². The summed E-state index contributed by atoms with van der Waals surface area (Å²) in [6, 6.07) is 8.55. The summed E-state index contributed by atoms with van der Waals surface area (Å²) in [5, 5.41) is 10.5. The highest BCUT2D eigenvalue weighted by atomic mass is 16.5. The summed E-state index contributed by atoms with van der Waals surface area (Å²) in [6.07, 6.45) is 3.03. The summed E-state index contributed by atoms with van der Waals surface area (Å²) in [4.78, 5) is 0. The van der Waals surface area contributed by atoms with Gasteiger partial charge in [0, 0.05) is 13.1 Å². The summed E-state index contributed by atoms with van der Waals surface area (Å²) in [5.41, 5.74) is 5.07. The lowest BCUT2D eigenvalue weighted by Crippen LogP contribution is -2.27. The molecule has 4 nitrogen and oxygen atoms in total. The predicted octanol–water partition coefficient (Wildman–Crippen LogP) is 2.12. The van der Waals surface area contributed by atoms with Crippen molar-refractivity contribution < 1.29 is 4.74 Å². The highest BCUT2D eigenvalue weighted by Gasteiger charge is 2.19. The van der Waals surface area contributed by atoms with E-state index in [4.69, 9.17) is 4.74 Å². The summed E-state index contributed by atoms with van der Waals surface area (Å²) >= 11 is 0. The number of fused-ring (bicyclic) bond motifs is 1. The fraction of sp³-hybridized carbons (Fsp3) is 0.400. The minimum Gasteiger partial charge on any atom is -0.372 e. The first-order chi connectivity index (χ1) is 9.34. The largest absolute Gasteiger partial charge is 0.372 e. The standard InChI is InChI=1S/C15H19N3O/c1-11-8-17-18-14(11)9-16-10-15-13-5-3-2-4-12(13)6-7-19-15/h2-5,8,15-16H,6-7,9-10H2,1H3,(H,17,18). The van der Waals surface area contributed by atoms with Gasteiger partial charge in [-0.25, -0.2) is 0 Å². The molecule has 3 rings (SSSR count). The van der Waals surface area contributed by atoms with Crippen molar-refractivity contribution in [3.63, 3.8) is 0 Å². The first kappa shape index (κ1) is 12.4. The van der Waals surface area contributed by atoms with E-state index in [-0.39, 0.29) is 6.10 Å². The number of nitrogens with one attached hydrogen (secondary N) is 2. The molecule has 0 bridgehead atoms. The number of hydrogen-bond donors (Lipinski definition) is 2. The number of aromatic amines is 1. The monoisotopic (exact) mass is 257 g/mol. The van der Waals surface area contributed by atoms with Crippen LogP contribution in [0.25, 0.3) is 0 Å². The average molecular weight is 257 g/mol. The van der Waals surface area contributed by atoms with Gasteiger partial charge in [-0.3, -0.25) is 5.10 Å². The molecule has 1 aliphatic heterocycles. The van der Waals surface area contributed by atoms with Crippen molar-refractivity contribution in [2.45, 2.75) is 26.0 Å². The van der Waals surface area contributed by atoms with Gasteiger partial charge >= 0.3 is 0 Å². The van der Waals surface area contributed by atoms with E-state index in [9.17, 15) is 0 Å². The molecule has 4 heteroatoms. The van der Waals surface area contributed by atoms with Crippen LogP contribution in [0.15, 0.2) is 30.5 Å². The molecule has 1 unspecified atom stereocenters. The van der Waals surface area contributed by atoms with E-state index in [2.05, 4.69) is 46.7 Å². The second kappa shape index (κ2) is 5.55. The van der Waals surface area contributed by atoms with E-state index in [1.54, 1.807) is 0 Å². The molecule has 0 aliphatic carbocycles. The molecule has 1 aliphatic rings. The molecule has 1 aromatic heterocycles. The van der Waals surface area contributed by atoms with Crippen LogP contribution in [0, 0.1) is 6.92 Å². The second-order valence-electron chi connectivity index (χ2n) is 4.97. The van der Waals surface area contributed by atoms with Gasteiger partial charge in [0.2, 0.25) is 0 Å². The van der Waals surface area contributed by atoms with Gasteiger partial charge in [-0.2, -0.15) is 5.10 Å². The van der Waals surface area contributed by atoms with Gasteiger partial charge in [-0.05, 0) is 30.0 Å². The molecule has 100 valence electrons. The Morgan fingerprint density at radius 3 is 3.16 bits per heavy atom. The van der Waals surface area contributed by atoms with Crippen molar-refractivity contribution in [3.8, 4) is 0 Å². The highest BCUT2D eigenvalue weighted by Crippen LogP contribution is 2.26. The van der Waals surface area contributed by atoms with Gasteiger partial charge in [0.25, 0.3) is 0 Å². The molecule has 2 aromatic rings. The molecule has 0 amide bonds. The van der Waals surface area contributed by atoms with Crippen LogP contribution < -0.4 is 5.32 Å². The predicted molar refractivity (Wildman–Crippen MR) is 73.9 cm³/mol. The molecule has 0 fully saturated rings. The number of aryl methyl sites for hydroxylation is 1. The first-order valence-corrected chi connectivity index (χ1v) is 6.73. The van der Waals surface area contributed by atoms with Gasteiger partial charge < -0.3 is 10.1 Å². The fourth-order valence-corrected chi connectivity index (χ4v) is 2.53. The zero-order valence-corrected chi connectivity index (χ0v) is 11.1. The lowest BCUT2D eigenvalue weighted by molar-refractivity contribution is 0.0423. The fourth-order valence-electron chi connectivity index (χ4n) is 2.53. The maximum Gasteiger partial charge on any atom is 0.0952 e. The number of nitrogens with zero attached hydrogens (tertiary/aromatic N) is 1. The Balaban J connectivity index is 1.61. The molecular weight excluding hydrogens is 238 g/mol. The number of aromatic nitrogens is 2. The Kier molecular flexibility index (Phi) is 3.62. The number of hydrogen-bond acceptors (Lipinski definition) is 3. The number of rotatable bonds is 4. The second-order valence-corrected chi connectivity index (χ2v) is 4.97. The van der Waals surface area contributed by atoms with E-state index >= 15 is 0 Å². The van der Waals surface area contributed by atoms with Gasteiger partial charge in [0.05, 0.1) is 24.6 Å². The topological polar surface area (TPSA) is 49.9 Å². The molecule has 1 aromatic carbocycles. The summed E-state index contributed by atoms with van der Waals surface area (Å²) in [6.45, 7) is 4.50. The molecular formula is C15H19N3O. The zero-order valence-electron chi connectivity index (χ0n) is 11.1. The van der Waals surface area contributed by atoms with Crippen LogP contribution in [0.1, 0.15) is 28.5 Å². The molecule has 2 N–H and O–H groups in total. The lowest BCUT2D eigenvalue weighted by atomic mass is 9.97. The van der Waals surface area contributed by atoms with Crippen LogP contribution in [0.3, 0.4) is 0 Å². The van der Waals surface area contributed by atoms with E-state index in [0.29, 0.717) is 0 Å². The van der Waals surface area contributed by atoms with E-state index < -0.39 is 0 Å². The molecule has 0 spiro atoms. The van der Waals surface area contributed by atoms with E-state index in [1.165, 1.54) is 16.7 Å². The number of H-pyrrole nitrogens is 1. The third-order valence-corrected chi connectivity index (χ3v) is 3.66. The number of benzene rings is 1. The van der Waals surface area contributed by atoms with Gasteiger partial charge in [0.1, 0.15) is 0 Å². The SMILES string of the molecule is Cc1cn[nH]c1CNCC1OCCc2ccccc21. The van der Waals surface area contributed by atoms with Crippen molar-refractivity contribution in [3.05, 3.63) is 52.8 Å². The number of ether oxygens (including phenoxy) is 1. The Labute approximate surface area is 113 Å². The van der Waals surface area contributed by atoms with Gasteiger partial charge in [0.15, 0.2) is 0 Å². The Hall–Kier alpha value is -1.65. The lowest BCUT2D eigenvalue weighted by Gasteiger charge is -2.26. The zero-order chi connectivity index (χ0) is 13.1. The van der Waals surface area contributed by atoms with Crippen molar-refractivity contribution in [1.82, 2.24) is 15.5 Å². The van der Waals surface area contributed by atoms with Crippen molar-refractivity contribution in [2.75, 3.05) is 13.2 Å². The van der Waals surface area contributed by atoms with Crippen molar-refractivity contribution in [1.29, 1.82) is 0 Å². The smallest absolute Gasteiger partial charge is 0.0952 e. The van der Waals surface area contributed by atoms with E-state index in [0.717, 1.165) is 31.8 Å². The molecule has 19 heavy (non-hydrogen) atoms. The average Bonchev–Trinajstić information content (AvgIpc) is 2.85. The summed E-state index contributed by atoms with van der Waals surface area (Å²) in [7, 11) is 0. The highest BCUT2D eigenvalue weighted by molar-refractivity contribution is 5.31.